The third-order valence-corrected chi connectivity index (χ3v) is 3.89. The van der Waals surface area contributed by atoms with Crippen LogP contribution in [0.4, 0.5) is 0 Å². The van der Waals surface area contributed by atoms with Crippen molar-refractivity contribution in [3.8, 4) is 0 Å². The first kappa shape index (κ1) is 13.5. The fourth-order valence-electron chi connectivity index (χ4n) is 2.28. The van der Waals surface area contributed by atoms with Crippen molar-refractivity contribution < 1.29 is 9.84 Å². The van der Waals surface area contributed by atoms with Gasteiger partial charge in [0.1, 0.15) is 0 Å². The first-order chi connectivity index (χ1) is 8.39. The summed E-state index contributed by atoms with van der Waals surface area (Å²) in [5.74, 6) is 0. The number of nitrogens with two attached hydrogens (primary N) is 1. The van der Waals surface area contributed by atoms with Gasteiger partial charge < -0.3 is 15.6 Å². The summed E-state index contributed by atoms with van der Waals surface area (Å²) in [6, 6.07) is 8.23. The Labute approximate surface area is 109 Å². The molecule has 1 fully saturated rings. The van der Waals surface area contributed by atoms with Crippen LogP contribution >= 0.6 is 0 Å². The Hall–Kier alpha value is -0.900. The monoisotopic (exact) mass is 249 g/mol. The average Bonchev–Trinajstić information content (AvgIpc) is 2.27. The summed E-state index contributed by atoms with van der Waals surface area (Å²) in [7, 11) is 0. The minimum absolute atomic E-state index is 0.0786. The lowest BCUT2D eigenvalue weighted by Gasteiger charge is -2.44. The fourth-order valence-corrected chi connectivity index (χ4v) is 2.28. The van der Waals surface area contributed by atoms with Gasteiger partial charge in [0.05, 0.1) is 25.2 Å². The SMILES string of the molecule is CC(C)(C)c1ccc(C(N)C2(CO)COC2)cc1. The summed E-state index contributed by atoms with van der Waals surface area (Å²) in [4.78, 5) is 0. The number of hydrogen-bond donors (Lipinski definition) is 2. The molecular formula is C15H23NO2. The van der Waals surface area contributed by atoms with E-state index in [0.29, 0.717) is 13.2 Å². The molecule has 100 valence electrons. The third-order valence-electron chi connectivity index (χ3n) is 3.89. The number of aliphatic hydroxyl groups excluding tert-OH is 1. The van der Waals surface area contributed by atoms with E-state index in [1.807, 2.05) is 0 Å². The van der Waals surface area contributed by atoms with Gasteiger partial charge in [-0.25, -0.2) is 0 Å². The number of aliphatic hydroxyl groups is 1. The van der Waals surface area contributed by atoms with Gasteiger partial charge in [0.25, 0.3) is 0 Å². The molecular weight excluding hydrogens is 226 g/mol. The van der Waals surface area contributed by atoms with Crippen LogP contribution in [0, 0.1) is 5.41 Å². The maximum absolute atomic E-state index is 9.49. The quantitative estimate of drug-likeness (QED) is 0.861. The van der Waals surface area contributed by atoms with Gasteiger partial charge in [-0.15, -0.1) is 0 Å². The van der Waals surface area contributed by atoms with Crippen LogP contribution < -0.4 is 5.73 Å². The smallest absolute Gasteiger partial charge is 0.0594 e. The summed E-state index contributed by atoms with van der Waals surface area (Å²) in [5.41, 5.74) is 8.49. The van der Waals surface area contributed by atoms with Crippen molar-refractivity contribution in [3.63, 3.8) is 0 Å². The number of benzene rings is 1. The molecule has 1 aliphatic rings. The van der Waals surface area contributed by atoms with Gasteiger partial charge in [0.2, 0.25) is 0 Å². The zero-order chi connectivity index (χ0) is 13.4. The predicted molar refractivity (Wildman–Crippen MR) is 72.4 cm³/mol. The molecule has 0 bridgehead atoms. The van der Waals surface area contributed by atoms with Crippen molar-refractivity contribution in [3.05, 3.63) is 35.4 Å². The van der Waals surface area contributed by atoms with Crippen molar-refractivity contribution >= 4 is 0 Å². The molecule has 3 N–H and O–H groups in total. The van der Waals surface area contributed by atoms with Crippen molar-refractivity contribution in [2.75, 3.05) is 19.8 Å². The topological polar surface area (TPSA) is 55.5 Å². The van der Waals surface area contributed by atoms with E-state index in [4.69, 9.17) is 10.5 Å². The number of ether oxygens (including phenoxy) is 1. The van der Waals surface area contributed by atoms with Crippen LogP contribution in [0.5, 0.6) is 0 Å². The summed E-state index contributed by atoms with van der Waals surface area (Å²) in [6.45, 7) is 7.75. The van der Waals surface area contributed by atoms with Gasteiger partial charge in [0.15, 0.2) is 0 Å². The molecule has 0 aliphatic carbocycles. The lowest BCUT2D eigenvalue weighted by Crippen LogP contribution is -2.52. The molecule has 0 spiro atoms. The van der Waals surface area contributed by atoms with Gasteiger partial charge in [-0.2, -0.15) is 0 Å². The van der Waals surface area contributed by atoms with Crippen LogP contribution in [-0.4, -0.2) is 24.9 Å². The maximum Gasteiger partial charge on any atom is 0.0594 e. The zero-order valence-corrected chi connectivity index (χ0v) is 11.4. The molecule has 1 aromatic rings. The molecule has 1 aliphatic heterocycles. The second-order valence-electron chi connectivity index (χ2n) is 6.36. The molecule has 1 atom stereocenters. The lowest BCUT2D eigenvalue weighted by atomic mass is 9.76. The molecule has 0 amide bonds. The van der Waals surface area contributed by atoms with E-state index in [1.165, 1.54) is 5.56 Å². The largest absolute Gasteiger partial charge is 0.396 e. The van der Waals surface area contributed by atoms with Crippen LogP contribution in [0.3, 0.4) is 0 Å². The molecule has 0 saturated carbocycles. The van der Waals surface area contributed by atoms with E-state index in [9.17, 15) is 5.11 Å². The van der Waals surface area contributed by atoms with E-state index < -0.39 is 0 Å². The van der Waals surface area contributed by atoms with E-state index in [0.717, 1.165) is 5.56 Å². The van der Waals surface area contributed by atoms with Gasteiger partial charge >= 0.3 is 0 Å². The van der Waals surface area contributed by atoms with Gasteiger partial charge in [-0.3, -0.25) is 0 Å². The molecule has 3 heteroatoms. The highest BCUT2D eigenvalue weighted by Gasteiger charge is 2.44. The van der Waals surface area contributed by atoms with Crippen molar-refractivity contribution in [1.29, 1.82) is 0 Å². The summed E-state index contributed by atoms with van der Waals surface area (Å²) in [5, 5.41) is 9.49. The number of hydrogen-bond acceptors (Lipinski definition) is 3. The second kappa shape index (κ2) is 4.65. The third kappa shape index (κ3) is 2.30. The van der Waals surface area contributed by atoms with Crippen molar-refractivity contribution in [1.82, 2.24) is 0 Å². The minimum atomic E-state index is -0.288. The zero-order valence-electron chi connectivity index (χ0n) is 11.4. The molecule has 0 aromatic heterocycles. The Bertz CT molecular complexity index is 396. The highest BCUT2D eigenvalue weighted by molar-refractivity contribution is 5.30. The Morgan fingerprint density at radius 2 is 1.83 bits per heavy atom. The Balaban J connectivity index is 2.19. The van der Waals surface area contributed by atoms with Crippen LogP contribution in [0.15, 0.2) is 24.3 Å². The van der Waals surface area contributed by atoms with Crippen LogP contribution in [0.25, 0.3) is 0 Å². The second-order valence-corrected chi connectivity index (χ2v) is 6.36. The lowest BCUT2D eigenvalue weighted by molar-refractivity contribution is -0.150. The molecule has 3 nitrogen and oxygen atoms in total. The van der Waals surface area contributed by atoms with Gasteiger partial charge in [-0.1, -0.05) is 45.0 Å². The van der Waals surface area contributed by atoms with Crippen molar-refractivity contribution in [2.45, 2.75) is 32.2 Å². The highest BCUT2D eigenvalue weighted by Crippen LogP contribution is 2.38. The molecule has 1 saturated heterocycles. The molecule has 18 heavy (non-hydrogen) atoms. The highest BCUT2D eigenvalue weighted by atomic mass is 16.5. The summed E-state index contributed by atoms with van der Waals surface area (Å²) in [6.07, 6.45) is 0. The molecule has 1 heterocycles. The summed E-state index contributed by atoms with van der Waals surface area (Å²) < 4.78 is 5.21. The van der Waals surface area contributed by atoms with Gasteiger partial charge in [0, 0.05) is 6.04 Å². The van der Waals surface area contributed by atoms with Crippen LogP contribution in [0.2, 0.25) is 0 Å². The first-order valence-electron chi connectivity index (χ1n) is 6.44. The average molecular weight is 249 g/mol. The number of rotatable bonds is 3. The van der Waals surface area contributed by atoms with Crippen LogP contribution in [-0.2, 0) is 10.2 Å². The molecule has 1 unspecified atom stereocenters. The molecule has 0 radical (unpaired) electrons. The van der Waals surface area contributed by atoms with E-state index in [-0.39, 0.29) is 23.5 Å². The Morgan fingerprint density at radius 1 is 1.28 bits per heavy atom. The normalized spacial score (nSPS) is 20.3. The van der Waals surface area contributed by atoms with E-state index in [1.54, 1.807) is 0 Å². The first-order valence-corrected chi connectivity index (χ1v) is 6.44. The fraction of sp³-hybridized carbons (Fsp3) is 0.600. The maximum atomic E-state index is 9.49. The van der Waals surface area contributed by atoms with E-state index >= 15 is 0 Å². The summed E-state index contributed by atoms with van der Waals surface area (Å²) >= 11 is 0. The standard InChI is InChI=1S/C15H23NO2/c1-14(2,3)12-6-4-11(5-7-12)13(16)15(8-17)9-18-10-15/h4-7,13,17H,8-10,16H2,1-3H3. The molecule has 1 aromatic carbocycles. The Morgan fingerprint density at radius 3 is 2.17 bits per heavy atom. The predicted octanol–water partition coefficient (Wildman–Crippen LogP) is 1.99. The van der Waals surface area contributed by atoms with Crippen LogP contribution in [0.1, 0.15) is 37.9 Å². The van der Waals surface area contributed by atoms with Crippen molar-refractivity contribution in [2.24, 2.45) is 11.1 Å². The van der Waals surface area contributed by atoms with Gasteiger partial charge in [-0.05, 0) is 16.5 Å². The minimum Gasteiger partial charge on any atom is -0.396 e. The Kier molecular flexibility index (Phi) is 3.49. The molecule has 2 rings (SSSR count). The van der Waals surface area contributed by atoms with E-state index in [2.05, 4.69) is 45.0 Å².